The van der Waals surface area contributed by atoms with E-state index in [2.05, 4.69) is 0 Å². The lowest BCUT2D eigenvalue weighted by molar-refractivity contribution is -0.103. The number of benzene rings is 2. The molecule has 1 aromatic heterocycles. The van der Waals surface area contributed by atoms with Gasteiger partial charge in [0.15, 0.2) is 6.29 Å². The van der Waals surface area contributed by atoms with Crippen molar-refractivity contribution in [2.24, 2.45) is 0 Å². The first kappa shape index (κ1) is 25.2. The molecule has 3 aromatic rings. The van der Waals surface area contributed by atoms with E-state index in [0.717, 1.165) is 0 Å². The highest BCUT2D eigenvalue weighted by Crippen LogP contribution is 2.33. The third kappa shape index (κ3) is 5.91. The maximum absolute atomic E-state index is 12.5. The molecule has 0 bridgehead atoms. The number of phenols is 1. The van der Waals surface area contributed by atoms with Gasteiger partial charge in [0.25, 0.3) is 0 Å². The molecule has 0 spiro atoms. The van der Waals surface area contributed by atoms with Gasteiger partial charge in [-0.25, -0.2) is 4.79 Å². The van der Waals surface area contributed by atoms with Crippen molar-refractivity contribution in [1.29, 1.82) is 0 Å². The van der Waals surface area contributed by atoms with Gasteiger partial charge in [0.05, 0.1) is 25.9 Å². The van der Waals surface area contributed by atoms with Crippen LogP contribution in [0.5, 0.6) is 11.5 Å². The van der Waals surface area contributed by atoms with Crippen LogP contribution < -0.4 is 10.4 Å². The van der Waals surface area contributed by atoms with Crippen molar-refractivity contribution in [3.8, 4) is 11.5 Å². The van der Waals surface area contributed by atoms with E-state index >= 15 is 0 Å². The lowest BCUT2D eigenvalue weighted by Crippen LogP contribution is -2.30. The van der Waals surface area contributed by atoms with Crippen LogP contribution in [0, 0.1) is 0 Å². The predicted octanol–water partition coefficient (Wildman–Crippen LogP) is 3.34. The lowest BCUT2D eigenvalue weighted by Gasteiger charge is -2.22. The fourth-order valence-electron chi connectivity index (χ4n) is 3.73. The quantitative estimate of drug-likeness (QED) is 0.246. The highest BCUT2D eigenvalue weighted by atomic mass is 16.5. The number of carbonyl (C=O) groups excluding carboxylic acids is 1. The molecule has 1 N–H and O–H groups in total. The van der Waals surface area contributed by atoms with Crippen LogP contribution in [-0.4, -0.2) is 63.9 Å². The van der Waals surface area contributed by atoms with E-state index in [1.165, 1.54) is 12.1 Å². The molecule has 0 radical (unpaired) electrons. The number of phenolic OH excluding ortho intramolecular Hbond substituents is 1. The van der Waals surface area contributed by atoms with Gasteiger partial charge in [0.1, 0.15) is 17.1 Å². The first-order chi connectivity index (χ1) is 16.5. The summed E-state index contributed by atoms with van der Waals surface area (Å²) >= 11 is 0. The third-order valence-corrected chi connectivity index (χ3v) is 5.48. The van der Waals surface area contributed by atoms with Gasteiger partial charge in [0.2, 0.25) is 0 Å². The molecule has 0 amide bonds. The van der Waals surface area contributed by atoms with Crippen molar-refractivity contribution in [1.82, 2.24) is 4.90 Å². The van der Waals surface area contributed by atoms with E-state index in [1.807, 2.05) is 23.1 Å². The molecule has 3 rings (SSSR count). The minimum absolute atomic E-state index is 0.00556. The van der Waals surface area contributed by atoms with Gasteiger partial charge in [-0.15, -0.1) is 0 Å². The number of hydrogen-bond donors (Lipinski definition) is 1. The lowest BCUT2D eigenvalue weighted by atomic mass is 9.98. The average Bonchev–Trinajstić information content (AvgIpc) is 2.85. The Balaban J connectivity index is 2.14. The van der Waals surface area contributed by atoms with Gasteiger partial charge < -0.3 is 23.7 Å². The van der Waals surface area contributed by atoms with E-state index < -0.39 is 5.63 Å². The summed E-state index contributed by atoms with van der Waals surface area (Å²) < 4.78 is 21.3. The Morgan fingerprint density at radius 3 is 2.41 bits per heavy atom. The number of carbonyl (C=O) groups is 1. The van der Waals surface area contributed by atoms with Gasteiger partial charge in [-0.05, 0) is 24.3 Å². The molecule has 8 heteroatoms. The Morgan fingerprint density at radius 2 is 1.76 bits per heavy atom. The zero-order valence-corrected chi connectivity index (χ0v) is 19.6. The molecule has 2 aromatic carbocycles. The number of nitrogens with zero attached hydrogens (tertiary/aromatic N) is 1. The molecule has 0 aliphatic heterocycles. The van der Waals surface area contributed by atoms with Gasteiger partial charge in [-0.1, -0.05) is 18.2 Å². The van der Waals surface area contributed by atoms with Crippen molar-refractivity contribution in [2.45, 2.75) is 6.54 Å². The number of fused-ring (bicyclic) bond motifs is 1. The molecule has 0 atom stereocenters. The Morgan fingerprint density at radius 1 is 1.06 bits per heavy atom. The number of aldehydes is 1. The van der Waals surface area contributed by atoms with Gasteiger partial charge >= 0.3 is 5.63 Å². The van der Waals surface area contributed by atoms with Crippen molar-refractivity contribution in [3.05, 3.63) is 69.6 Å². The van der Waals surface area contributed by atoms with Gasteiger partial charge in [-0.3, -0.25) is 9.69 Å². The van der Waals surface area contributed by atoms with Crippen LogP contribution in [0.15, 0.2) is 51.7 Å². The second-order valence-corrected chi connectivity index (χ2v) is 7.64. The van der Waals surface area contributed by atoms with Gasteiger partial charge in [0, 0.05) is 62.0 Å². The molecule has 180 valence electrons. The van der Waals surface area contributed by atoms with Crippen molar-refractivity contribution in [3.63, 3.8) is 0 Å². The first-order valence-corrected chi connectivity index (χ1v) is 10.8. The number of methoxy groups -OCH3 is 3. The number of rotatable bonds is 12. The van der Waals surface area contributed by atoms with Crippen LogP contribution in [0.2, 0.25) is 0 Å². The van der Waals surface area contributed by atoms with Crippen LogP contribution in [0.3, 0.4) is 0 Å². The molecule has 0 fully saturated rings. The van der Waals surface area contributed by atoms with E-state index in [1.54, 1.807) is 39.5 Å². The highest BCUT2D eigenvalue weighted by Gasteiger charge is 2.18. The summed E-state index contributed by atoms with van der Waals surface area (Å²) in [5, 5.41) is 11.2. The van der Waals surface area contributed by atoms with Crippen LogP contribution in [0.4, 0.5) is 0 Å². The van der Waals surface area contributed by atoms with Crippen LogP contribution >= 0.6 is 0 Å². The maximum Gasteiger partial charge on any atom is 0.336 e. The standard InChI is InChI=1S/C26H29NO7/c1-31-12-10-27(11-13-32-2)16-22-23(29)9-8-20-21(15-25(30)34-26(20)22)19(17-28)14-18-6-4-5-7-24(18)33-3/h4-9,14-15,17,29H,10-13,16H2,1-3H3/b19-14+. The predicted molar refractivity (Wildman–Crippen MR) is 130 cm³/mol. The zero-order valence-electron chi connectivity index (χ0n) is 19.6. The summed E-state index contributed by atoms with van der Waals surface area (Å²) in [7, 11) is 4.78. The summed E-state index contributed by atoms with van der Waals surface area (Å²) in [4.78, 5) is 26.7. The number of ether oxygens (including phenoxy) is 3. The zero-order chi connectivity index (χ0) is 24.5. The Hall–Kier alpha value is -3.46. The monoisotopic (exact) mass is 467 g/mol. The second kappa shape index (κ2) is 12.1. The average molecular weight is 468 g/mol. The van der Waals surface area contributed by atoms with Crippen molar-refractivity contribution < 1.29 is 28.5 Å². The number of hydrogen-bond acceptors (Lipinski definition) is 8. The third-order valence-electron chi connectivity index (χ3n) is 5.48. The van der Waals surface area contributed by atoms with E-state index in [0.29, 0.717) is 67.0 Å². The largest absolute Gasteiger partial charge is 0.507 e. The fraction of sp³-hybridized carbons (Fsp3) is 0.308. The Labute approximate surface area is 198 Å². The molecule has 0 saturated heterocycles. The Bertz CT molecular complexity index is 1210. The summed E-state index contributed by atoms with van der Waals surface area (Å²) in [5.74, 6) is 0.591. The minimum atomic E-state index is -0.623. The van der Waals surface area contributed by atoms with Crippen LogP contribution in [0.25, 0.3) is 22.6 Å². The second-order valence-electron chi connectivity index (χ2n) is 7.64. The molecule has 0 aliphatic carbocycles. The fourth-order valence-corrected chi connectivity index (χ4v) is 3.73. The number of aromatic hydroxyl groups is 1. The first-order valence-electron chi connectivity index (χ1n) is 10.8. The molecule has 34 heavy (non-hydrogen) atoms. The van der Waals surface area contributed by atoms with E-state index in [-0.39, 0.29) is 16.9 Å². The highest BCUT2D eigenvalue weighted by molar-refractivity contribution is 6.17. The Kier molecular flexibility index (Phi) is 8.98. The van der Waals surface area contributed by atoms with Gasteiger partial charge in [-0.2, -0.15) is 0 Å². The topological polar surface area (TPSA) is 98.4 Å². The SMILES string of the molecule is COCCN(CCOC)Cc1c(O)ccc2c(/C(C=O)=C/c3ccccc3OC)cc(=O)oc12. The molecule has 1 heterocycles. The summed E-state index contributed by atoms with van der Waals surface area (Å²) in [6.45, 7) is 2.46. The molecule has 0 saturated carbocycles. The minimum Gasteiger partial charge on any atom is -0.507 e. The van der Waals surface area contributed by atoms with E-state index in [4.69, 9.17) is 18.6 Å². The molecular formula is C26H29NO7. The molecule has 0 aliphatic rings. The number of para-hydroxylation sites is 1. The summed E-state index contributed by atoms with van der Waals surface area (Å²) in [6.07, 6.45) is 2.35. The van der Waals surface area contributed by atoms with Crippen LogP contribution in [-0.2, 0) is 20.8 Å². The maximum atomic E-state index is 12.5. The van der Waals surface area contributed by atoms with E-state index in [9.17, 15) is 14.7 Å². The normalized spacial score (nSPS) is 11.8. The summed E-state index contributed by atoms with van der Waals surface area (Å²) in [5.41, 5.74) is 1.45. The smallest absolute Gasteiger partial charge is 0.336 e. The number of allylic oxidation sites excluding steroid dienone is 1. The molecule has 0 unspecified atom stereocenters. The van der Waals surface area contributed by atoms with Crippen molar-refractivity contribution >= 4 is 28.9 Å². The van der Waals surface area contributed by atoms with Crippen molar-refractivity contribution in [2.75, 3.05) is 47.6 Å². The molecular weight excluding hydrogens is 438 g/mol. The van der Waals surface area contributed by atoms with Crippen LogP contribution in [0.1, 0.15) is 16.7 Å². The molecule has 8 nitrogen and oxygen atoms in total. The summed E-state index contributed by atoms with van der Waals surface area (Å²) in [6, 6.07) is 11.7.